The van der Waals surface area contributed by atoms with Crippen LogP contribution in [0.1, 0.15) is 63.8 Å². The lowest BCUT2D eigenvalue weighted by Crippen LogP contribution is -2.06. The average Bonchev–Trinajstić information content (AvgIpc) is 3.10. The Hall–Kier alpha value is -5.22. The third-order valence-electron chi connectivity index (χ3n) is 7.47. The van der Waals surface area contributed by atoms with E-state index in [-0.39, 0.29) is 0 Å². The van der Waals surface area contributed by atoms with Crippen LogP contribution < -0.4 is 10.6 Å². The predicted octanol–water partition coefficient (Wildman–Crippen LogP) is 11.8. The van der Waals surface area contributed by atoms with E-state index in [0.717, 1.165) is 46.9 Å². The SMILES string of the molecule is C=C/C=C(/OCNc1ccc(Cc2ccc(-c3ccc(Cc4ccc(NCOC(/C=C\C)=C(C)C)cc4)cc3)cc2)cc1)C(=C)C.CC. The van der Waals surface area contributed by atoms with Gasteiger partial charge >= 0.3 is 0 Å². The lowest BCUT2D eigenvalue weighted by molar-refractivity contribution is 0.243. The molecule has 0 unspecified atom stereocenters. The summed E-state index contributed by atoms with van der Waals surface area (Å²) in [5, 5.41) is 6.63. The maximum absolute atomic E-state index is 5.86. The largest absolute Gasteiger partial charge is 0.473 e. The molecule has 0 aliphatic heterocycles. The zero-order valence-corrected chi connectivity index (χ0v) is 29.6. The molecule has 0 bridgehead atoms. The van der Waals surface area contributed by atoms with Crippen molar-refractivity contribution in [3.63, 3.8) is 0 Å². The first-order chi connectivity index (χ1) is 23.3. The van der Waals surface area contributed by atoms with Crippen LogP contribution in [-0.2, 0) is 22.3 Å². The van der Waals surface area contributed by atoms with Gasteiger partial charge in [-0.05, 0) is 121 Å². The Morgan fingerprint density at radius 1 is 0.625 bits per heavy atom. The minimum Gasteiger partial charge on any atom is -0.473 e. The highest BCUT2D eigenvalue weighted by molar-refractivity contribution is 5.64. The summed E-state index contributed by atoms with van der Waals surface area (Å²) in [6, 6.07) is 34.8. The van der Waals surface area contributed by atoms with Crippen molar-refractivity contribution < 1.29 is 9.47 Å². The molecule has 0 fully saturated rings. The molecule has 0 aliphatic carbocycles. The van der Waals surface area contributed by atoms with Gasteiger partial charge in [0.1, 0.15) is 11.5 Å². The molecule has 4 heteroatoms. The molecule has 4 rings (SSSR count). The zero-order chi connectivity index (χ0) is 34.7. The molecular formula is C44H52N2O2. The normalized spacial score (nSPS) is 10.8. The van der Waals surface area contributed by atoms with E-state index in [4.69, 9.17) is 9.47 Å². The van der Waals surface area contributed by atoms with Crippen molar-refractivity contribution in [2.45, 2.75) is 54.4 Å². The molecule has 48 heavy (non-hydrogen) atoms. The fourth-order valence-electron chi connectivity index (χ4n) is 4.91. The molecule has 4 aromatic carbocycles. The fourth-order valence-corrected chi connectivity index (χ4v) is 4.91. The molecule has 0 saturated carbocycles. The standard InChI is InChI=1S/C42H46N2O2.C2H6/c1-7-9-41(31(3)4)45-29-43-39-23-15-35(16-24-39)27-33-11-19-37(20-12-33)38-21-13-34(14-22-38)28-36-17-25-40(26-18-36)44-30-46-42(10-8-2)32(5)6;1-2/h7-26,43-44H,1,3,27-30H2,2,4-6H3;1-2H3/b10-8-,41-9+;. The Labute approximate surface area is 289 Å². The molecule has 0 saturated heterocycles. The summed E-state index contributed by atoms with van der Waals surface area (Å²) in [5.41, 5.74) is 11.6. The van der Waals surface area contributed by atoms with Crippen molar-refractivity contribution in [3.05, 3.63) is 179 Å². The van der Waals surface area contributed by atoms with Crippen molar-refractivity contribution in [3.8, 4) is 11.1 Å². The summed E-state index contributed by atoms with van der Waals surface area (Å²) >= 11 is 0. The highest BCUT2D eigenvalue weighted by Crippen LogP contribution is 2.23. The van der Waals surface area contributed by atoms with E-state index in [1.807, 2.05) is 45.9 Å². The minimum absolute atomic E-state index is 0.366. The van der Waals surface area contributed by atoms with Crippen molar-refractivity contribution >= 4 is 11.4 Å². The van der Waals surface area contributed by atoms with Crippen LogP contribution in [0.3, 0.4) is 0 Å². The summed E-state index contributed by atoms with van der Waals surface area (Å²) in [4.78, 5) is 0. The number of ether oxygens (including phenoxy) is 2. The second kappa shape index (κ2) is 20.1. The molecular weight excluding hydrogens is 588 g/mol. The molecule has 250 valence electrons. The highest BCUT2D eigenvalue weighted by Gasteiger charge is 2.04. The Morgan fingerprint density at radius 2 is 1.02 bits per heavy atom. The number of hydrogen-bond acceptors (Lipinski definition) is 4. The minimum atomic E-state index is 0.366. The van der Waals surface area contributed by atoms with Gasteiger partial charge in [0.2, 0.25) is 0 Å². The van der Waals surface area contributed by atoms with Gasteiger partial charge in [0.15, 0.2) is 13.5 Å². The van der Waals surface area contributed by atoms with Crippen LogP contribution in [-0.4, -0.2) is 13.5 Å². The van der Waals surface area contributed by atoms with Crippen LogP contribution in [0.4, 0.5) is 11.4 Å². The highest BCUT2D eigenvalue weighted by atomic mass is 16.5. The average molecular weight is 641 g/mol. The van der Waals surface area contributed by atoms with Gasteiger partial charge < -0.3 is 20.1 Å². The molecule has 0 spiro atoms. The molecule has 2 N–H and O–H groups in total. The van der Waals surface area contributed by atoms with Gasteiger partial charge in [0.25, 0.3) is 0 Å². The van der Waals surface area contributed by atoms with E-state index in [9.17, 15) is 0 Å². The van der Waals surface area contributed by atoms with E-state index in [1.54, 1.807) is 6.08 Å². The molecule has 0 radical (unpaired) electrons. The van der Waals surface area contributed by atoms with Gasteiger partial charge in [0.05, 0.1) is 0 Å². The van der Waals surface area contributed by atoms with Crippen molar-refractivity contribution in [2.75, 3.05) is 24.1 Å². The van der Waals surface area contributed by atoms with Crippen LogP contribution in [0.15, 0.2) is 157 Å². The van der Waals surface area contributed by atoms with Gasteiger partial charge in [-0.15, -0.1) is 0 Å². The van der Waals surface area contributed by atoms with Crippen LogP contribution in [0.2, 0.25) is 0 Å². The van der Waals surface area contributed by atoms with E-state index < -0.39 is 0 Å². The molecule has 0 aromatic heterocycles. The summed E-state index contributed by atoms with van der Waals surface area (Å²) in [7, 11) is 0. The van der Waals surface area contributed by atoms with Crippen molar-refractivity contribution in [1.29, 1.82) is 0 Å². The number of anilines is 2. The molecule has 0 aliphatic rings. The molecule has 0 amide bonds. The number of nitrogens with one attached hydrogen (secondary N) is 2. The second-order valence-electron chi connectivity index (χ2n) is 11.5. The van der Waals surface area contributed by atoms with Gasteiger partial charge in [0, 0.05) is 11.4 Å². The fraction of sp³-hybridized carbons (Fsp3) is 0.227. The van der Waals surface area contributed by atoms with E-state index >= 15 is 0 Å². The van der Waals surface area contributed by atoms with Gasteiger partial charge in [-0.2, -0.15) is 0 Å². The monoisotopic (exact) mass is 640 g/mol. The van der Waals surface area contributed by atoms with Crippen LogP contribution >= 0.6 is 0 Å². The van der Waals surface area contributed by atoms with E-state index in [0.29, 0.717) is 13.5 Å². The Bertz CT molecular complexity index is 1650. The van der Waals surface area contributed by atoms with Crippen LogP contribution in [0, 0.1) is 0 Å². The first-order valence-electron chi connectivity index (χ1n) is 16.7. The quantitative estimate of drug-likeness (QED) is 0.0726. The number of benzene rings is 4. The first-order valence-corrected chi connectivity index (χ1v) is 16.7. The lowest BCUT2D eigenvalue weighted by atomic mass is 9.98. The predicted molar refractivity (Wildman–Crippen MR) is 207 cm³/mol. The zero-order valence-electron chi connectivity index (χ0n) is 29.6. The molecule has 4 aromatic rings. The van der Waals surface area contributed by atoms with Gasteiger partial charge in [-0.1, -0.05) is 112 Å². The molecule has 0 heterocycles. The Morgan fingerprint density at radius 3 is 1.38 bits per heavy atom. The number of rotatable bonds is 16. The lowest BCUT2D eigenvalue weighted by Gasteiger charge is -2.12. The first kappa shape index (κ1) is 37.2. The Kier molecular flexibility index (Phi) is 15.6. The van der Waals surface area contributed by atoms with Crippen LogP contribution in [0.5, 0.6) is 0 Å². The van der Waals surface area contributed by atoms with Crippen molar-refractivity contribution in [1.82, 2.24) is 0 Å². The van der Waals surface area contributed by atoms with Gasteiger partial charge in [-0.3, -0.25) is 0 Å². The maximum Gasteiger partial charge on any atom is 0.159 e. The Balaban J connectivity index is 0.00000307. The van der Waals surface area contributed by atoms with E-state index in [2.05, 4.69) is 135 Å². The van der Waals surface area contributed by atoms with Crippen LogP contribution in [0.25, 0.3) is 11.1 Å². The molecule has 0 atom stereocenters. The number of allylic oxidation sites excluding steroid dienone is 6. The third-order valence-corrected chi connectivity index (χ3v) is 7.47. The van der Waals surface area contributed by atoms with E-state index in [1.165, 1.54) is 33.4 Å². The summed E-state index contributed by atoms with van der Waals surface area (Å²) < 4.78 is 11.6. The second-order valence-corrected chi connectivity index (χ2v) is 11.5. The topological polar surface area (TPSA) is 42.5 Å². The summed E-state index contributed by atoms with van der Waals surface area (Å²) in [5.74, 6) is 1.63. The molecule has 4 nitrogen and oxygen atoms in total. The van der Waals surface area contributed by atoms with Gasteiger partial charge in [-0.25, -0.2) is 0 Å². The third kappa shape index (κ3) is 12.2. The number of hydrogen-bond donors (Lipinski definition) is 2. The smallest absolute Gasteiger partial charge is 0.159 e. The maximum atomic E-state index is 5.86. The van der Waals surface area contributed by atoms with Crippen molar-refractivity contribution in [2.24, 2.45) is 0 Å². The summed E-state index contributed by atoms with van der Waals surface area (Å²) in [6.07, 6.45) is 9.27. The summed E-state index contributed by atoms with van der Waals surface area (Å²) in [6.45, 7) is 20.5.